The summed E-state index contributed by atoms with van der Waals surface area (Å²) in [6.07, 6.45) is -5.82. The lowest BCUT2D eigenvalue weighted by Gasteiger charge is -2.18. The number of rotatable bonds is 7. The maximum absolute atomic E-state index is 15.0. The van der Waals surface area contributed by atoms with E-state index >= 15 is 4.39 Å². The fourth-order valence-corrected chi connectivity index (χ4v) is 3.89. The van der Waals surface area contributed by atoms with Crippen molar-refractivity contribution in [1.82, 2.24) is 29.9 Å². The second kappa shape index (κ2) is 9.97. The Hall–Kier alpha value is -3.93. The van der Waals surface area contributed by atoms with Gasteiger partial charge in [0.25, 0.3) is 0 Å². The number of alkyl halides is 4. The Labute approximate surface area is 201 Å². The quantitative estimate of drug-likeness (QED) is 0.407. The van der Waals surface area contributed by atoms with Crippen LogP contribution in [0.2, 0.25) is 0 Å². The number of carbonyl (C=O) groups is 1. The first kappa shape index (κ1) is 25.2. The number of alkyl carbamates (subject to hydrolysis) is 1. The second-order valence-corrected chi connectivity index (χ2v) is 8.48. The van der Waals surface area contributed by atoms with E-state index in [9.17, 15) is 23.2 Å². The summed E-state index contributed by atoms with van der Waals surface area (Å²) in [6, 6.07) is 4.57. The summed E-state index contributed by atoms with van der Waals surface area (Å²) >= 11 is 0. The molecular weight excluding hydrogens is 488 g/mol. The predicted molar refractivity (Wildman–Crippen MR) is 116 cm³/mol. The molecule has 0 bridgehead atoms. The molecule has 36 heavy (non-hydrogen) atoms. The maximum atomic E-state index is 15.0. The van der Waals surface area contributed by atoms with E-state index in [2.05, 4.69) is 35.5 Å². The van der Waals surface area contributed by atoms with Gasteiger partial charge in [0.05, 0.1) is 12.3 Å². The van der Waals surface area contributed by atoms with Crippen molar-refractivity contribution in [3.63, 3.8) is 0 Å². The molecule has 192 valence electrons. The smallest absolute Gasteiger partial charge is 0.443 e. The van der Waals surface area contributed by atoms with Crippen LogP contribution in [0, 0.1) is 11.3 Å². The second-order valence-electron chi connectivity index (χ2n) is 8.48. The van der Waals surface area contributed by atoms with Crippen LogP contribution < -0.4 is 10.6 Å². The SMILES string of the molecule is CC(C)NC(=O)O[C@@H]1CC[C@H](c2cc(Nc3nc(C#N)cc4nc(COC(F)(F)F)cn34)n[nH]2)[C@@H]1F. The molecule has 1 amide bonds. The van der Waals surface area contributed by atoms with Gasteiger partial charge in [0.15, 0.2) is 5.82 Å². The number of amides is 1. The molecule has 0 aliphatic heterocycles. The normalized spacial score (nSPS) is 20.0. The molecule has 0 unspecified atom stereocenters. The molecule has 1 aliphatic rings. The van der Waals surface area contributed by atoms with Gasteiger partial charge in [-0.15, -0.1) is 13.2 Å². The van der Waals surface area contributed by atoms with Gasteiger partial charge in [-0.05, 0) is 26.7 Å². The molecule has 3 N–H and O–H groups in total. The van der Waals surface area contributed by atoms with Crippen LogP contribution in [-0.4, -0.2) is 55.3 Å². The molecule has 1 fully saturated rings. The number of imidazole rings is 1. The minimum absolute atomic E-state index is 0.0334. The predicted octanol–water partition coefficient (Wildman–Crippen LogP) is 3.82. The Morgan fingerprint density at radius 3 is 2.81 bits per heavy atom. The van der Waals surface area contributed by atoms with Crippen LogP contribution in [0.15, 0.2) is 18.3 Å². The Bertz CT molecular complexity index is 1280. The summed E-state index contributed by atoms with van der Waals surface area (Å²) in [5, 5.41) is 21.5. The zero-order valence-electron chi connectivity index (χ0n) is 19.1. The Morgan fingerprint density at radius 2 is 2.11 bits per heavy atom. The molecule has 0 spiro atoms. The third-order valence-corrected chi connectivity index (χ3v) is 5.41. The highest BCUT2D eigenvalue weighted by atomic mass is 19.4. The van der Waals surface area contributed by atoms with Crippen molar-refractivity contribution in [2.45, 2.75) is 63.9 Å². The van der Waals surface area contributed by atoms with Crippen molar-refractivity contribution < 1.29 is 31.8 Å². The fourth-order valence-electron chi connectivity index (χ4n) is 3.89. The number of nitrogens with one attached hydrogen (secondary N) is 3. The van der Waals surface area contributed by atoms with Crippen LogP contribution >= 0.6 is 0 Å². The number of H-pyrrole nitrogens is 1. The number of fused-ring (bicyclic) bond motifs is 1. The number of carbonyl (C=O) groups excluding carboxylic acids is 1. The average molecular weight is 510 g/mol. The van der Waals surface area contributed by atoms with Gasteiger partial charge in [-0.3, -0.25) is 14.2 Å². The van der Waals surface area contributed by atoms with E-state index in [4.69, 9.17) is 4.74 Å². The Kier molecular flexibility index (Phi) is 6.97. The molecule has 0 saturated heterocycles. The van der Waals surface area contributed by atoms with Gasteiger partial charge in [-0.25, -0.2) is 19.2 Å². The summed E-state index contributed by atoms with van der Waals surface area (Å²) in [7, 11) is 0. The van der Waals surface area contributed by atoms with E-state index in [-0.39, 0.29) is 34.8 Å². The van der Waals surface area contributed by atoms with Gasteiger partial charge >= 0.3 is 12.5 Å². The van der Waals surface area contributed by atoms with Crippen LogP contribution in [0.1, 0.15) is 49.7 Å². The van der Waals surface area contributed by atoms with Crippen LogP contribution in [-0.2, 0) is 16.1 Å². The van der Waals surface area contributed by atoms with E-state index in [1.54, 1.807) is 19.9 Å². The van der Waals surface area contributed by atoms with E-state index in [0.717, 1.165) is 0 Å². The molecule has 11 nitrogen and oxygen atoms in total. The van der Waals surface area contributed by atoms with Crippen molar-refractivity contribution in [1.29, 1.82) is 5.26 Å². The molecule has 3 atom stereocenters. The number of aromatic nitrogens is 5. The number of aromatic amines is 1. The van der Waals surface area contributed by atoms with Gasteiger partial charge in [0.2, 0.25) is 5.95 Å². The average Bonchev–Trinajstić information content (AvgIpc) is 3.50. The van der Waals surface area contributed by atoms with E-state index in [1.165, 1.54) is 16.7 Å². The number of nitrogens with zero attached hydrogens (tertiary/aromatic N) is 5. The van der Waals surface area contributed by atoms with Gasteiger partial charge < -0.3 is 15.4 Å². The minimum Gasteiger partial charge on any atom is -0.443 e. The van der Waals surface area contributed by atoms with Crippen LogP contribution in [0.4, 0.5) is 34.1 Å². The minimum atomic E-state index is -4.82. The van der Waals surface area contributed by atoms with Gasteiger partial charge in [-0.2, -0.15) is 10.4 Å². The number of nitriles is 1. The summed E-state index contributed by atoms with van der Waals surface area (Å²) < 4.78 is 62.5. The van der Waals surface area contributed by atoms with E-state index in [1.807, 2.05) is 6.07 Å². The number of halogens is 4. The summed E-state index contributed by atoms with van der Waals surface area (Å²) in [5.41, 5.74) is 0.556. The van der Waals surface area contributed by atoms with Gasteiger partial charge in [0, 0.05) is 36.0 Å². The first-order chi connectivity index (χ1) is 17.0. The molecule has 4 rings (SSSR count). The lowest BCUT2D eigenvalue weighted by molar-refractivity contribution is -0.330. The van der Waals surface area contributed by atoms with E-state index in [0.29, 0.717) is 18.5 Å². The standard InChI is InChI=1S/C21H22F4N8O3/c1-10(2)27-20(34)36-15-4-3-13(18(15)22)14-6-16(32-31-14)30-19-29-11(7-26)5-17-28-12(8-33(17)19)9-35-21(23,24)25/h5-6,8,10,13,15,18H,3-4,9H2,1-2H3,(H,27,34)(H2,29,30,31,32)/t13-,15-,18+/m1/s1. The van der Waals surface area contributed by atoms with Crippen molar-refractivity contribution in [2.24, 2.45) is 0 Å². The number of hydrogen-bond donors (Lipinski definition) is 3. The Balaban J connectivity index is 1.49. The van der Waals surface area contributed by atoms with Crippen LogP contribution in [0.5, 0.6) is 0 Å². The van der Waals surface area contributed by atoms with Crippen molar-refractivity contribution in [2.75, 3.05) is 5.32 Å². The van der Waals surface area contributed by atoms with Gasteiger partial charge in [0.1, 0.15) is 29.7 Å². The molecule has 3 aromatic heterocycles. The highest BCUT2D eigenvalue weighted by molar-refractivity contribution is 5.67. The third kappa shape index (κ3) is 5.82. The Morgan fingerprint density at radius 1 is 1.33 bits per heavy atom. The highest BCUT2D eigenvalue weighted by Gasteiger charge is 2.41. The summed E-state index contributed by atoms with van der Waals surface area (Å²) in [5.74, 6) is -0.310. The fraction of sp³-hybridized carbons (Fsp3) is 0.476. The first-order valence-corrected chi connectivity index (χ1v) is 11.0. The van der Waals surface area contributed by atoms with Crippen LogP contribution in [0.25, 0.3) is 5.65 Å². The lowest BCUT2D eigenvalue weighted by Crippen LogP contribution is -2.36. The van der Waals surface area contributed by atoms with Crippen molar-refractivity contribution in [3.8, 4) is 6.07 Å². The molecular formula is C21H22F4N8O3. The maximum Gasteiger partial charge on any atom is 0.522 e. The first-order valence-electron chi connectivity index (χ1n) is 11.0. The zero-order valence-corrected chi connectivity index (χ0v) is 19.1. The van der Waals surface area contributed by atoms with E-state index < -0.39 is 37.3 Å². The summed E-state index contributed by atoms with van der Waals surface area (Å²) in [4.78, 5) is 20.0. The van der Waals surface area contributed by atoms with Crippen LogP contribution in [0.3, 0.4) is 0 Å². The molecule has 0 aromatic carbocycles. The monoisotopic (exact) mass is 510 g/mol. The van der Waals surface area contributed by atoms with Crippen molar-refractivity contribution >= 4 is 23.5 Å². The molecule has 0 radical (unpaired) electrons. The molecule has 1 aliphatic carbocycles. The molecule has 3 heterocycles. The molecule has 15 heteroatoms. The third-order valence-electron chi connectivity index (χ3n) is 5.41. The number of anilines is 2. The zero-order chi connectivity index (χ0) is 26.0. The van der Waals surface area contributed by atoms with Gasteiger partial charge in [-0.1, -0.05) is 0 Å². The highest BCUT2D eigenvalue weighted by Crippen LogP contribution is 2.38. The lowest BCUT2D eigenvalue weighted by atomic mass is 10.0. The molecule has 3 aromatic rings. The number of hydrogen-bond acceptors (Lipinski definition) is 8. The number of ether oxygens (including phenoxy) is 2. The van der Waals surface area contributed by atoms with Crippen molar-refractivity contribution in [3.05, 3.63) is 35.4 Å². The summed E-state index contributed by atoms with van der Waals surface area (Å²) in [6.45, 7) is 2.71. The molecule has 1 saturated carbocycles. The topological polar surface area (TPSA) is 142 Å². The largest absolute Gasteiger partial charge is 0.522 e.